The Balaban J connectivity index is 2.14. The topological polar surface area (TPSA) is 110 Å². The summed E-state index contributed by atoms with van der Waals surface area (Å²) in [5.41, 5.74) is -1.11. The Labute approximate surface area is 117 Å². The molecule has 1 aliphatic rings. The van der Waals surface area contributed by atoms with E-state index in [0.717, 1.165) is 6.42 Å². The number of carboxylic acid groups (broad SMARTS) is 1. The molecular weight excluding hydrogens is 284 g/mol. The van der Waals surface area contributed by atoms with E-state index in [1.54, 1.807) is 6.92 Å². The molecule has 1 aromatic rings. The third kappa shape index (κ3) is 3.37. The van der Waals surface area contributed by atoms with Gasteiger partial charge in [0.1, 0.15) is 22.7 Å². The van der Waals surface area contributed by atoms with Crippen LogP contribution in [0.4, 0.5) is 0 Å². The molecule has 20 heavy (non-hydrogen) atoms. The zero-order chi connectivity index (χ0) is 14.8. The fraction of sp³-hybridized carbons (Fsp3) is 0.667. The van der Waals surface area contributed by atoms with E-state index in [2.05, 4.69) is 9.88 Å². The van der Waals surface area contributed by atoms with Crippen LogP contribution in [0.25, 0.3) is 0 Å². The summed E-state index contributed by atoms with van der Waals surface area (Å²) in [4.78, 5) is 11.4. The van der Waals surface area contributed by atoms with Gasteiger partial charge in [0.15, 0.2) is 0 Å². The summed E-state index contributed by atoms with van der Waals surface area (Å²) in [6, 6.07) is 1.52. The Hall–Kier alpha value is -1.41. The number of aromatic nitrogens is 1. The van der Waals surface area contributed by atoms with Gasteiger partial charge in [-0.25, -0.2) is 8.42 Å². The first-order chi connectivity index (χ1) is 9.33. The maximum atomic E-state index is 12.1. The molecule has 1 heterocycles. The molecule has 0 aromatic carbocycles. The zero-order valence-electron chi connectivity index (χ0n) is 11.3. The molecule has 0 saturated heterocycles. The van der Waals surface area contributed by atoms with E-state index in [0.29, 0.717) is 31.4 Å². The first-order valence-corrected chi connectivity index (χ1v) is 8.15. The normalized spacial score (nSPS) is 18.9. The molecule has 7 nitrogen and oxygen atoms in total. The van der Waals surface area contributed by atoms with Crippen molar-refractivity contribution in [1.82, 2.24) is 9.88 Å². The van der Waals surface area contributed by atoms with Gasteiger partial charge in [0, 0.05) is 6.07 Å². The summed E-state index contributed by atoms with van der Waals surface area (Å²) in [5.74, 6) is -0.975. The molecule has 1 aromatic heterocycles. The van der Waals surface area contributed by atoms with Crippen LogP contribution < -0.4 is 4.72 Å². The van der Waals surface area contributed by atoms with Gasteiger partial charge >= 0.3 is 5.97 Å². The molecule has 2 rings (SSSR count). The number of aliphatic carboxylic acids is 1. The molecule has 112 valence electrons. The Bertz CT molecular complexity index is 587. The lowest BCUT2D eigenvalue weighted by Crippen LogP contribution is -2.55. The standard InChI is InChI=1S/C12H18N2O5S/c1-9-7-10(13-19-9)8-20(17,18)14-12(11(15)16)5-3-2-4-6-12/h7,14H,2-6,8H2,1H3,(H,15,16). The van der Waals surface area contributed by atoms with Crippen LogP contribution in [0, 0.1) is 6.92 Å². The maximum Gasteiger partial charge on any atom is 0.324 e. The highest BCUT2D eigenvalue weighted by molar-refractivity contribution is 7.88. The first kappa shape index (κ1) is 15.0. The van der Waals surface area contributed by atoms with Crippen molar-refractivity contribution in [2.45, 2.75) is 50.3 Å². The molecule has 1 aliphatic carbocycles. The van der Waals surface area contributed by atoms with Crippen molar-refractivity contribution in [2.24, 2.45) is 0 Å². The highest BCUT2D eigenvalue weighted by Crippen LogP contribution is 2.29. The van der Waals surface area contributed by atoms with Gasteiger partial charge in [-0.1, -0.05) is 24.4 Å². The number of hydrogen-bond donors (Lipinski definition) is 2. The number of sulfonamides is 1. The average Bonchev–Trinajstić information content (AvgIpc) is 2.74. The molecule has 2 N–H and O–H groups in total. The second-order valence-corrected chi connectivity index (χ2v) is 6.96. The number of carboxylic acids is 1. The van der Waals surface area contributed by atoms with Crippen LogP contribution in [0.1, 0.15) is 43.6 Å². The quantitative estimate of drug-likeness (QED) is 0.845. The van der Waals surface area contributed by atoms with Crippen molar-refractivity contribution in [3.63, 3.8) is 0 Å². The van der Waals surface area contributed by atoms with E-state index in [-0.39, 0.29) is 11.4 Å². The number of nitrogens with one attached hydrogen (secondary N) is 1. The van der Waals surface area contributed by atoms with Crippen LogP contribution in [0.15, 0.2) is 10.6 Å². The Kier molecular flexibility index (Phi) is 4.14. The smallest absolute Gasteiger partial charge is 0.324 e. The molecule has 1 fully saturated rings. The summed E-state index contributed by atoms with van der Waals surface area (Å²) in [6.45, 7) is 1.66. The largest absolute Gasteiger partial charge is 0.480 e. The fourth-order valence-electron chi connectivity index (χ4n) is 2.53. The lowest BCUT2D eigenvalue weighted by molar-refractivity contribution is -0.145. The number of aryl methyl sites for hydroxylation is 1. The highest BCUT2D eigenvalue weighted by atomic mass is 32.2. The fourth-order valence-corrected chi connectivity index (χ4v) is 4.01. The Morgan fingerprint density at radius 2 is 2.10 bits per heavy atom. The second-order valence-electron chi connectivity index (χ2n) is 5.24. The van der Waals surface area contributed by atoms with Crippen molar-refractivity contribution in [3.8, 4) is 0 Å². The van der Waals surface area contributed by atoms with Crippen LogP contribution in [-0.4, -0.2) is 30.2 Å². The zero-order valence-corrected chi connectivity index (χ0v) is 12.1. The van der Waals surface area contributed by atoms with Crippen LogP contribution >= 0.6 is 0 Å². The molecular formula is C12H18N2O5S. The third-order valence-corrected chi connectivity index (χ3v) is 4.86. The summed E-state index contributed by atoms with van der Waals surface area (Å²) >= 11 is 0. The molecule has 1 saturated carbocycles. The minimum absolute atomic E-state index is 0.270. The Morgan fingerprint density at radius 1 is 1.45 bits per heavy atom. The van der Waals surface area contributed by atoms with Gasteiger partial charge in [-0.3, -0.25) is 4.79 Å². The van der Waals surface area contributed by atoms with Gasteiger partial charge in [0.25, 0.3) is 0 Å². The number of nitrogens with zero attached hydrogens (tertiary/aromatic N) is 1. The van der Waals surface area contributed by atoms with Crippen LogP contribution in [-0.2, 0) is 20.6 Å². The monoisotopic (exact) mass is 302 g/mol. The van der Waals surface area contributed by atoms with Gasteiger partial charge in [-0.15, -0.1) is 0 Å². The molecule has 0 aliphatic heterocycles. The van der Waals surface area contributed by atoms with E-state index in [9.17, 15) is 18.3 Å². The summed E-state index contributed by atoms with van der Waals surface area (Å²) in [5, 5.41) is 13.0. The van der Waals surface area contributed by atoms with Gasteiger partial charge in [0.2, 0.25) is 10.0 Å². The molecule has 0 amide bonds. The average molecular weight is 302 g/mol. The summed E-state index contributed by atoms with van der Waals surface area (Å²) in [7, 11) is -3.78. The first-order valence-electron chi connectivity index (χ1n) is 6.50. The molecule has 0 bridgehead atoms. The molecule has 0 radical (unpaired) electrons. The maximum absolute atomic E-state index is 12.1. The van der Waals surface area contributed by atoms with Crippen molar-refractivity contribution in [1.29, 1.82) is 0 Å². The summed E-state index contributed by atoms with van der Waals surface area (Å²) in [6.07, 6.45) is 2.98. The predicted octanol–water partition coefficient (Wildman–Crippen LogP) is 1.19. The van der Waals surface area contributed by atoms with E-state index in [1.807, 2.05) is 0 Å². The van der Waals surface area contributed by atoms with Gasteiger partial charge in [0.05, 0.1) is 0 Å². The van der Waals surface area contributed by atoms with Crippen LogP contribution in [0.3, 0.4) is 0 Å². The Morgan fingerprint density at radius 3 is 2.60 bits per heavy atom. The van der Waals surface area contributed by atoms with Crippen molar-refractivity contribution in [2.75, 3.05) is 0 Å². The van der Waals surface area contributed by atoms with Gasteiger partial charge in [-0.05, 0) is 19.8 Å². The van der Waals surface area contributed by atoms with E-state index < -0.39 is 21.5 Å². The molecule has 0 spiro atoms. The predicted molar refractivity (Wildman–Crippen MR) is 70.5 cm³/mol. The minimum atomic E-state index is -3.78. The molecule has 0 unspecified atom stereocenters. The number of rotatable bonds is 5. The van der Waals surface area contributed by atoms with E-state index in [1.165, 1.54) is 6.07 Å². The SMILES string of the molecule is Cc1cc(CS(=O)(=O)NC2(C(=O)O)CCCCC2)no1. The lowest BCUT2D eigenvalue weighted by Gasteiger charge is -2.33. The lowest BCUT2D eigenvalue weighted by atomic mass is 9.83. The highest BCUT2D eigenvalue weighted by Gasteiger charge is 2.42. The van der Waals surface area contributed by atoms with Crippen molar-refractivity contribution in [3.05, 3.63) is 17.5 Å². The minimum Gasteiger partial charge on any atom is -0.480 e. The van der Waals surface area contributed by atoms with Crippen LogP contribution in [0.5, 0.6) is 0 Å². The van der Waals surface area contributed by atoms with Gasteiger partial charge in [-0.2, -0.15) is 4.72 Å². The van der Waals surface area contributed by atoms with Crippen molar-refractivity contribution >= 4 is 16.0 Å². The van der Waals surface area contributed by atoms with Gasteiger partial charge < -0.3 is 9.63 Å². The van der Waals surface area contributed by atoms with Crippen molar-refractivity contribution < 1.29 is 22.8 Å². The molecule has 0 atom stereocenters. The number of hydrogen-bond acceptors (Lipinski definition) is 5. The number of carbonyl (C=O) groups is 1. The van der Waals surface area contributed by atoms with E-state index in [4.69, 9.17) is 4.52 Å². The summed E-state index contributed by atoms with van der Waals surface area (Å²) < 4.78 is 31.4. The second kappa shape index (κ2) is 5.53. The molecule has 8 heteroatoms. The van der Waals surface area contributed by atoms with Crippen LogP contribution in [0.2, 0.25) is 0 Å². The van der Waals surface area contributed by atoms with E-state index >= 15 is 0 Å². The third-order valence-electron chi connectivity index (χ3n) is 3.48.